The lowest BCUT2D eigenvalue weighted by molar-refractivity contribution is -0.00137. The van der Waals surface area contributed by atoms with E-state index < -0.39 is 6.10 Å². The average Bonchev–Trinajstić information content (AvgIpc) is 3.09. The number of fused-ring (bicyclic) bond motifs is 1. The SMILES string of the molecule is OC[C@@H](O)COCCOc1ccc2ccc(CO[C@H]3CNCC[C@@H]3c3ccc(OCCCOCc4ccccc4)cc3)cc2c1. The number of hydrogen-bond donors (Lipinski definition) is 3. The zero-order chi connectivity index (χ0) is 31.1. The molecule has 240 valence electrons. The van der Waals surface area contributed by atoms with Crippen LogP contribution in [0.5, 0.6) is 11.5 Å². The molecule has 8 heteroatoms. The third kappa shape index (κ3) is 10.5. The van der Waals surface area contributed by atoms with Crippen LogP contribution in [0.2, 0.25) is 0 Å². The highest BCUT2D eigenvalue weighted by atomic mass is 16.5. The first-order valence-corrected chi connectivity index (χ1v) is 15.9. The molecule has 1 saturated heterocycles. The molecule has 0 saturated carbocycles. The van der Waals surface area contributed by atoms with E-state index in [1.165, 1.54) is 11.1 Å². The lowest BCUT2D eigenvalue weighted by Gasteiger charge is -2.32. The second-order valence-electron chi connectivity index (χ2n) is 11.4. The summed E-state index contributed by atoms with van der Waals surface area (Å²) in [6.07, 6.45) is 1.07. The van der Waals surface area contributed by atoms with Gasteiger partial charge in [-0.25, -0.2) is 0 Å². The number of aliphatic hydroxyl groups is 2. The standard InChI is InChI=1S/C37H45NO7/c39-24-33(40)27-42-19-20-44-35-14-9-30-8-7-29(21-32(30)22-35)26-45-37-23-38-16-15-36(37)31-10-12-34(13-11-31)43-18-4-17-41-25-28-5-2-1-3-6-28/h1-3,5-14,21-22,33,36-40H,4,15-20,23-27H2/t33-,36-,37+/m1/s1. The Hall–Kier alpha value is -3.50. The number of nitrogens with one attached hydrogen (secondary N) is 1. The van der Waals surface area contributed by atoms with Crippen molar-refractivity contribution in [3.8, 4) is 11.5 Å². The van der Waals surface area contributed by atoms with Crippen molar-refractivity contribution in [3.63, 3.8) is 0 Å². The molecule has 5 rings (SSSR count). The number of hydrogen-bond acceptors (Lipinski definition) is 8. The fourth-order valence-electron chi connectivity index (χ4n) is 5.46. The lowest BCUT2D eigenvalue weighted by atomic mass is 9.87. The van der Waals surface area contributed by atoms with Crippen molar-refractivity contribution in [1.29, 1.82) is 0 Å². The Balaban J connectivity index is 1.07. The van der Waals surface area contributed by atoms with Crippen LogP contribution in [0, 0.1) is 0 Å². The van der Waals surface area contributed by atoms with Gasteiger partial charge in [-0.05, 0) is 70.8 Å². The lowest BCUT2D eigenvalue weighted by Crippen LogP contribution is -2.40. The minimum atomic E-state index is -0.863. The Morgan fingerprint density at radius 2 is 1.53 bits per heavy atom. The second-order valence-corrected chi connectivity index (χ2v) is 11.4. The van der Waals surface area contributed by atoms with Crippen LogP contribution in [0.1, 0.15) is 35.4 Å². The van der Waals surface area contributed by atoms with Crippen molar-refractivity contribution < 1.29 is 33.9 Å². The molecule has 1 aliphatic heterocycles. The fourth-order valence-corrected chi connectivity index (χ4v) is 5.46. The van der Waals surface area contributed by atoms with Gasteiger partial charge in [0, 0.05) is 18.9 Å². The third-order valence-corrected chi connectivity index (χ3v) is 7.91. The first-order chi connectivity index (χ1) is 22.2. The summed E-state index contributed by atoms with van der Waals surface area (Å²) in [4.78, 5) is 0. The van der Waals surface area contributed by atoms with Gasteiger partial charge < -0.3 is 39.2 Å². The maximum absolute atomic E-state index is 9.36. The summed E-state index contributed by atoms with van der Waals surface area (Å²) in [6, 6.07) is 31.1. The molecule has 1 fully saturated rings. The van der Waals surface area contributed by atoms with Gasteiger partial charge in [0.05, 0.1) is 52.4 Å². The van der Waals surface area contributed by atoms with Crippen molar-refractivity contribution in [3.05, 3.63) is 108 Å². The molecule has 4 aromatic rings. The molecule has 0 aliphatic carbocycles. The Bertz CT molecular complexity index is 1420. The van der Waals surface area contributed by atoms with Crippen molar-refractivity contribution in [1.82, 2.24) is 5.32 Å². The molecule has 0 bridgehead atoms. The maximum Gasteiger partial charge on any atom is 0.120 e. The molecule has 0 aromatic heterocycles. The first-order valence-electron chi connectivity index (χ1n) is 15.9. The average molecular weight is 616 g/mol. The third-order valence-electron chi connectivity index (χ3n) is 7.91. The molecule has 8 nitrogen and oxygen atoms in total. The molecule has 3 N–H and O–H groups in total. The highest BCUT2D eigenvalue weighted by Crippen LogP contribution is 2.30. The van der Waals surface area contributed by atoms with E-state index in [2.05, 4.69) is 59.9 Å². The quantitative estimate of drug-likeness (QED) is 0.131. The molecular formula is C37H45NO7. The van der Waals surface area contributed by atoms with E-state index in [9.17, 15) is 5.11 Å². The predicted molar refractivity (Wildman–Crippen MR) is 175 cm³/mol. The minimum Gasteiger partial charge on any atom is -0.494 e. The fraction of sp³-hybridized carbons (Fsp3) is 0.405. The topological polar surface area (TPSA) is 98.6 Å². The van der Waals surface area contributed by atoms with Gasteiger partial charge in [0.2, 0.25) is 0 Å². The second kappa shape index (κ2) is 17.8. The highest BCUT2D eigenvalue weighted by Gasteiger charge is 2.27. The molecule has 1 aliphatic rings. The Morgan fingerprint density at radius 1 is 0.733 bits per heavy atom. The van der Waals surface area contributed by atoms with Gasteiger partial charge >= 0.3 is 0 Å². The number of aliphatic hydroxyl groups excluding tert-OH is 2. The van der Waals surface area contributed by atoms with Gasteiger partial charge in [0.1, 0.15) is 24.2 Å². The van der Waals surface area contributed by atoms with Crippen LogP contribution in [-0.2, 0) is 27.4 Å². The molecule has 0 spiro atoms. The molecule has 45 heavy (non-hydrogen) atoms. The number of rotatable bonds is 18. The van der Waals surface area contributed by atoms with Crippen molar-refractivity contribution in [2.75, 3.05) is 52.7 Å². The molecule has 4 aromatic carbocycles. The van der Waals surface area contributed by atoms with E-state index in [1.807, 2.05) is 36.4 Å². The molecule has 3 atom stereocenters. The highest BCUT2D eigenvalue weighted by molar-refractivity contribution is 5.84. The summed E-state index contributed by atoms with van der Waals surface area (Å²) in [5.41, 5.74) is 3.57. The van der Waals surface area contributed by atoms with E-state index in [0.717, 1.165) is 53.8 Å². The van der Waals surface area contributed by atoms with Gasteiger partial charge in [0.15, 0.2) is 0 Å². The van der Waals surface area contributed by atoms with Crippen LogP contribution in [0.15, 0.2) is 91.0 Å². The predicted octanol–water partition coefficient (Wildman–Crippen LogP) is 5.24. The van der Waals surface area contributed by atoms with Gasteiger partial charge in [-0.2, -0.15) is 0 Å². The summed E-state index contributed by atoms with van der Waals surface area (Å²) < 4.78 is 29.4. The van der Waals surface area contributed by atoms with Crippen LogP contribution in [0.3, 0.4) is 0 Å². The van der Waals surface area contributed by atoms with Gasteiger partial charge in [-0.1, -0.05) is 60.7 Å². The summed E-state index contributed by atoms with van der Waals surface area (Å²) >= 11 is 0. The van der Waals surface area contributed by atoms with E-state index in [4.69, 9.17) is 28.8 Å². The van der Waals surface area contributed by atoms with Crippen LogP contribution >= 0.6 is 0 Å². The minimum absolute atomic E-state index is 0.0713. The number of ether oxygens (including phenoxy) is 5. The van der Waals surface area contributed by atoms with Gasteiger partial charge in [-0.15, -0.1) is 0 Å². The zero-order valence-corrected chi connectivity index (χ0v) is 25.8. The molecule has 0 amide bonds. The maximum atomic E-state index is 9.36. The van der Waals surface area contributed by atoms with Crippen LogP contribution < -0.4 is 14.8 Å². The Kier molecular flexibility index (Phi) is 13.0. The monoisotopic (exact) mass is 615 g/mol. The summed E-state index contributed by atoms with van der Waals surface area (Å²) in [6.45, 7) is 4.70. The van der Waals surface area contributed by atoms with Crippen LogP contribution in [-0.4, -0.2) is 75.2 Å². The van der Waals surface area contributed by atoms with Gasteiger partial charge in [-0.3, -0.25) is 0 Å². The Labute approximate surface area is 265 Å². The normalized spacial score (nSPS) is 17.3. The molecule has 0 radical (unpaired) electrons. The Morgan fingerprint density at radius 3 is 2.38 bits per heavy atom. The number of piperidine rings is 1. The van der Waals surface area contributed by atoms with Crippen LogP contribution in [0.4, 0.5) is 0 Å². The zero-order valence-electron chi connectivity index (χ0n) is 25.8. The van der Waals surface area contributed by atoms with Crippen LogP contribution in [0.25, 0.3) is 10.8 Å². The number of benzene rings is 4. The molecule has 1 heterocycles. The summed E-state index contributed by atoms with van der Waals surface area (Å²) in [5, 5.41) is 23.9. The first kappa shape index (κ1) is 32.9. The van der Waals surface area contributed by atoms with E-state index in [0.29, 0.717) is 45.6 Å². The van der Waals surface area contributed by atoms with Crippen molar-refractivity contribution in [2.45, 2.75) is 44.2 Å². The van der Waals surface area contributed by atoms with Gasteiger partial charge in [0.25, 0.3) is 0 Å². The molecule has 0 unspecified atom stereocenters. The largest absolute Gasteiger partial charge is 0.494 e. The van der Waals surface area contributed by atoms with Crippen molar-refractivity contribution in [2.24, 2.45) is 0 Å². The van der Waals surface area contributed by atoms with Crippen molar-refractivity contribution >= 4 is 10.8 Å². The van der Waals surface area contributed by atoms with E-state index in [-0.39, 0.29) is 19.3 Å². The molecular weight excluding hydrogens is 570 g/mol. The summed E-state index contributed by atoms with van der Waals surface area (Å²) in [5.74, 6) is 1.95. The summed E-state index contributed by atoms with van der Waals surface area (Å²) in [7, 11) is 0. The smallest absolute Gasteiger partial charge is 0.120 e. The van der Waals surface area contributed by atoms with E-state index in [1.54, 1.807) is 0 Å². The van der Waals surface area contributed by atoms with E-state index >= 15 is 0 Å².